The fourth-order valence-electron chi connectivity index (χ4n) is 1.38. The summed E-state index contributed by atoms with van der Waals surface area (Å²) in [4.78, 5) is 32.4. The molecule has 0 aromatic heterocycles. The van der Waals surface area contributed by atoms with Crippen LogP contribution in [0, 0.1) is 0 Å². The average Bonchev–Trinajstić information content (AvgIpc) is 2.34. The molecule has 20 heavy (non-hydrogen) atoms. The van der Waals surface area contributed by atoms with Crippen LogP contribution in [0.5, 0.6) is 0 Å². The molecule has 0 saturated heterocycles. The van der Waals surface area contributed by atoms with Crippen LogP contribution in [0.1, 0.15) is 33.5 Å². The van der Waals surface area contributed by atoms with Crippen molar-refractivity contribution in [2.75, 3.05) is 6.54 Å². The standard InChI is InChI=1S/C11H22N4O4.Na.H/c12-7(4-5-9(14)16)10(17)15-6-2-1-3-8(13)11(18)19;;/h7-8H,1-6,12-13H2,(H2,14,16)(H,15,17)(H,18,19);;/q;+1;-1/t7?,8-;;/m0../s1. The SMILES string of the molecule is NC(=O)CCC(N)C(=O)NCCCC[C@H](N)C(=O)O.[H-].[Na+]. The first-order valence-corrected chi connectivity index (χ1v) is 6.14. The number of hydrogen-bond donors (Lipinski definition) is 5. The van der Waals surface area contributed by atoms with Gasteiger partial charge in [0.1, 0.15) is 6.04 Å². The summed E-state index contributed by atoms with van der Waals surface area (Å²) in [5, 5.41) is 11.2. The molecule has 8 N–H and O–H groups in total. The van der Waals surface area contributed by atoms with Gasteiger partial charge < -0.3 is 29.1 Å². The van der Waals surface area contributed by atoms with Gasteiger partial charge in [-0.3, -0.25) is 14.4 Å². The minimum absolute atomic E-state index is 0. The van der Waals surface area contributed by atoms with Gasteiger partial charge >= 0.3 is 35.5 Å². The van der Waals surface area contributed by atoms with Crippen LogP contribution < -0.4 is 52.1 Å². The molecular weight excluding hydrogens is 275 g/mol. The summed E-state index contributed by atoms with van der Waals surface area (Å²) in [6, 6.07) is -1.62. The molecule has 0 rings (SSSR count). The third-order valence-corrected chi connectivity index (χ3v) is 2.60. The van der Waals surface area contributed by atoms with Crippen molar-refractivity contribution in [2.45, 2.75) is 44.2 Å². The van der Waals surface area contributed by atoms with Crippen molar-refractivity contribution in [3.05, 3.63) is 0 Å². The van der Waals surface area contributed by atoms with E-state index in [2.05, 4.69) is 5.32 Å². The van der Waals surface area contributed by atoms with E-state index in [0.29, 0.717) is 25.8 Å². The topological polar surface area (TPSA) is 162 Å². The first kappa shape index (κ1) is 21.6. The molecule has 9 heteroatoms. The number of rotatable bonds is 10. The minimum Gasteiger partial charge on any atom is -1.00 e. The number of carboxylic acids is 1. The number of carbonyl (C=O) groups is 3. The Labute approximate surface area is 141 Å². The summed E-state index contributed by atoms with van der Waals surface area (Å²) in [6.07, 6.45) is 1.87. The van der Waals surface area contributed by atoms with Gasteiger partial charge in [0.25, 0.3) is 0 Å². The third-order valence-electron chi connectivity index (χ3n) is 2.60. The molecule has 0 aromatic rings. The number of unbranched alkanes of at least 4 members (excludes halogenated alkanes) is 1. The number of nitrogens with one attached hydrogen (secondary N) is 1. The van der Waals surface area contributed by atoms with Crippen LogP contribution in [0.15, 0.2) is 0 Å². The molecule has 0 spiro atoms. The normalized spacial score (nSPS) is 12.9. The van der Waals surface area contributed by atoms with Crippen molar-refractivity contribution in [3.63, 3.8) is 0 Å². The Morgan fingerprint density at radius 2 is 1.70 bits per heavy atom. The van der Waals surface area contributed by atoms with Crippen LogP contribution in [-0.2, 0) is 14.4 Å². The van der Waals surface area contributed by atoms with E-state index < -0.39 is 24.0 Å². The molecule has 0 aliphatic carbocycles. The molecule has 2 amide bonds. The van der Waals surface area contributed by atoms with Crippen LogP contribution in [-0.4, -0.2) is 41.5 Å². The summed E-state index contributed by atoms with van der Waals surface area (Å²) in [7, 11) is 0. The van der Waals surface area contributed by atoms with Crippen LogP contribution in [0.4, 0.5) is 0 Å². The summed E-state index contributed by atoms with van der Waals surface area (Å²) in [6.45, 7) is 0.398. The molecule has 0 fully saturated rings. The Balaban J connectivity index is -0.00000162. The summed E-state index contributed by atoms with van der Waals surface area (Å²) >= 11 is 0. The zero-order chi connectivity index (χ0) is 14.8. The third kappa shape index (κ3) is 11.2. The molecule has 8 nitrogen and oxygen atoms in total. The summed E-state index contributed by atoms with van der Waals surface area (Å²) < 4.78 is 0. The molecule has 1 unspecified atom stereocenters. The Morgan fingerprint density at radius 1 is 1.10 bits per heavy atom. The molecule has 0 saturated carbocycles. The molecule has 2 atom stereocenters. The van der Waals surface area contributed by atoms with Crippen molar-refractivity contribution in [2.24, 2.45) is 17.2 Å². The second-order valence-electron chi connectivity index (χ2n) is 4.34. The zero-order valence-electron chi connectivity index (χ0n) is 12.8. The maximum absolute atomic E-state index is 11.5. The maximum atomic E-state index is 11.5. The number of carboxylic acid groups (broad SMARTS) is 1. The molecular formula is C11H23N4NaO4. The molecule has 0 heterocycles. The van der Waals surface area contributed by atoms with Crippen LogP contribution in [0.2, 0.25) is 0 Å². The monoisotopic (exact) mass is 298 g/mol. The van der Waals surface area contributed by atoms with Crippen molar-refractivity contribution in [1.29, 1.82) is 0 Å². The Bertz CT molecular complexity index is 333. The Morgan fingerprint density at radius 3 is 2.20 bits per heavy atom. The number of amides is 2. The number of nitrogens with two attached hydrogens (primary N) is 3. The fourth-order valence-corrected chi connectivity index (χ4v) is 1.38. The van der Waals surface area contributed by atoms with Crippen molar-refractivity contribution < 1.29 is 50.5 Å². The van der Waals surface area contributed by atoms with E-state index >= 15 is 0 Å². The quantitative estimate of drug-likeness (QED) is 0.201. The predicted octanol–water partition coefficient (Wildman–Crippen LogP) is -4.61. The van der Waals surface area contributed by atoms with Crippen LogP contribution >= 0.6 is 0 Å². The van der Waals surface area contributed by atoms with E-state index in [9.17, 15) is 14.4 Å². The largest absolute Gasteiger partial charge is 1.00 e. The van der Waals surface area contributed by atoms with Crippen LogP contribution in [0.25, 0.3) is 0 Å². The van der Waals surface area contributed by atoms with Gasteiger partial charge in [0.15, 0.2) is 0 Å². The van der Waals surface area contributed by atoms with E-state index in [4.69, 9.17) is 22.3 Å². The average molecular weight is 298 g/mol. The number of primary amides is 1. The van der Waals surface area contributed by atoms with Gasteiger partial charge in [-0.05, 0) is 25.7 Å². The smallest absolute Gasteiger partial charge is 1.00 e. The van der Waals surface area contributed by atoms with Gasteiger partial charge in [0.2, 0.25) is 11.8 Å². The van der Waals surface area contributed by atoms with E-state index in [1.807, 2.05) is 0 Å². The van der Waals surface area contributed by atoms with Gasteiger partial charge in [-0.25, -0.2) is 0 Å². The van der Waals surface area contributed by atoms with Crippen molar-refractivity contribution >= 4 is 17.8 Å². The van der Waals surface area contributed by atoms with E-state index in [-0.39, 0.29) is 49.7 Å². The predicted molar refractivity (Wildman–Crippen MR) is 70.0 cm³/mol. The van der Waals surface area contributed by atoms with Crippen molar-refractivity contribution in [1.82, 2.24) is 5.32 Å². The van der Waals surface area contributed by atoms with Gasteiger partial charge in [0.05, 0.1) is 6.04 Å². The number of carbonyl (C=O) groups excluding carboxylic acids is 2. The molecule has 0 radical (unpaired) electrons. The first-order valence-electron chi connectivity index (χ1n) is 6.14. The molecule has 0 aliphatic rings. The molecule has 0 aromatic carbocycles. The number of hydrogen-bond acceptors (Lipinski definition) is 5. The molecule has 0 bridgehead atoms. The van der Waals surface area contributed by atoms with E-state index in [0.717, 1.165) is 0 Å². The molecule has 0 aliphatic heterocycles. The van der Waals surface area contributed by atoms with E-state index in [1.165, 1.54) is 0 Å². The Hall–Kier alpha value is -0.670. The second kappa shape index (κ2) is 12.1. The number of aliphatic carboxylic acids is 1. The first-order chi connectivity index (χ1) is 8.84. The zero-order valence-corrected chi connectivity index (χ0v) is 13.8. The Kier molecular flexibility index (Phi) is 13.1. The van der Waals surface area contributed by atoms with Crippen molar-refractivity contribution in [3.8, 4) is 0 Å². The van der Waals surface area contributed by atoms with Gasteiger partial charge in [-0.1, -0.05) is 0 Å². The fraction of sp³-hybridized carbons (Fsp3) is 0.727. The van der Waals surface area contributed by atoms with E-state index in [1.54, 1.807) is 0 Å². The summed E-state index contributed by atoms with van der Waals surface area (Å²) in [5.41, 5.74) is 15.8. The van der Waals surface area contributed by atoms with Gasteiger partial charge in [-0.15, -0.1) is 0 Å². The second-order valence-corrected chi connectivity index (χ2v) is 4.34. The van der Waals surface area contributed by atoms with Gasteiger partial charge in [0, 0.05) is 13.0 Å². The van der Waals surface area contributed by atoms with Gasteiger partial charge in [-0.2, -0.15) is 0 Å². The summed E-state index contributed by atoms with van der Waals surface area (Å²) in [5.74, 6) is -1.87. The van der Waals surface area contributed by atoms with Crippen LogP contribution in [0.3, 0.4) is 0 Å². The molecule has 112 valence electrons. The minimum atomic E-state index is -1.03. The maximum Gasteiger partial charge on any atom is 1.00 e.